The van der Waals surface area contributed by atoms with Gasteiger partial charge in [-0.2, -0.15) is 0 Å². The van der Waals surface area contributed by atoms with E-state index in [-0.39, 0.29) is 17.9 Å². The highest BCUT2D eigenvalue weighted by atomic mass is 19.1. The highest BCUT2D eigenvalue weighted by molar-refractivity contribution is 5.30. The molecule has 0 spiro atoms. The van der Waals surface area contributed by atoms with Gasteiger partial charge in [0.1, 0.15) is 24.0 Å². The van der Waals surface area contributed by atoms with Crippen LogP contribution in [0.15, 0.2) is 12.1 Å². The molecular weight excluding hydrogens is 292 g/mol. The average Bonchev–Trinajstić information content (AvgIpc) is 2.45. The maximum absolute atomic E-state index is 13.5. The summed E-state index contributed by atoms with van der Waals surface area (Å²) >= 11 is 0. The summed E-state index contributed by atoms with van der Waals surface area (Å²) in [5.74, 6) is -0.974. The van der Waals surface area contributed by atoms with Gasteiger partial charge in [0.25, 0.3) is 0 Å². The molecule has 0 unspecified atom stereocenters. The first-order valence-electron chi connectivity index (χ1n) is 7.45. The third-order valence-corrected chi connectivity index (χ3v) is 3.02. The molecule has 0 atom stereocenters. The van der Waals surface area contributed by atoms with Crippen molar-refractivity contribution in [2.75, 3.05) is 53.7 Å². The second kappa shape index (κ2) is 10.5. The summed E-state index contributed by atoms with van der Waals surface area (Å²) in [5, 5.41) is 0. The Morgan fingerprint density at radius 2 is 1.45 bits per heavy atom. The van der Waals surface area contributed by atoms with Crippen molar-refractivity contribution in [3.8, 4) is 5.75 Å². The maximum atomic E-state index is 13.5. The molecule has 126 valence electrons. The second-order valence-electron chi connectivity index (χ2n) is 5.10. The van der Waals surface area contributed by atoms with Gasteiger partial charge in [-0.05, 0) is 20.5 Å². The second-order valence-corrected chi connectivity index (χ2v) is 5.10. The topological polar surface area (TPSA) is 30.9 Å². The van der Waals surface area contributed by atoms with Crippen molar-refractivity contribution in [2.45, 2.75) is 13.3 Å². The molecule has 1 aromatic rings. The van der Waals surface area contributed by atoms with Gasteiger partial charge in [0.05, 0.1) is 26.4 Å². The molecule has 1 rings (SSSR count). The molecule has 0 saturated heterocycles. The van der Waals surface area contributed by atoms with Gasteiger partial charge >= 0.3 is 0 Å². The number of benzene rings is 1. The summed E-state index contributed by atoms with van der Waals surface area (Å²) in [6, 6.07) is 2.40. The van der Waals surface area contributed by atoms with Crippen molar-refractivity contribution >= 4 is 0 Å². The molecule has 0 heterocycles. The number of rotatable bonds is 11. The van der Waals surface area contributed by atoms with E-state index in [9.17, 15) is 8.78 Å². The van der Waals surface area contributed by atoms with Crippen LogP contribution in [0.5, 0.6) is 5.75 Å². The molecule has 0 N–H and O–H groups in total. The SMILES string of the molecule is CCc1c(F)cc(OCCOCCOCCN(C)C)cc1F. The van der Waals surface area contributed by atoms with Crippen molar-refractivity contribution in [3.63, 3.8) is 0 Å². The summed E-state index contributed by atoms with van der Waals surface area (Å²) in [4.78, 5) is 2.04. The van der Waals surface area contributed by atoms with Crippen molar-refractivity contribution in [1.29, 1.82) is 0 Å². The Bertz CT molecular complexity index is 418. The van der Waals surface area contributed by atoms with Crippen LogP contribution >= 0.6 is 0 Å². The molecule has 22 heavy (non-hydrogen) atoms. The molecule has 0 saturated carbocycles. The minimum atomic E-state index is -0.576. The van der Waals surface area contributed by atoms with Crippen LogP contribution in [0.1, 0.15) is 12.5 Å². The largest absolute Gasteiger partial charge is 0.491 e. The lowest BCUT2D eigenvalue weighted by atomic mass is 10.1. The highest BCUT2D eigenvalue weighted by Gasteiger charge is 2.09. The van der Waals surface area contributed by atoms with Gasteiger partial charge in [-0.25, -0.2) is 8.78 Å². The summed E-state index contributed by atoms with van der Waals surface area (Å²) in [7, 11) is 3.96. The Balaban J connectivity index is 2.12. The quantitative estimate of drug-likeness (QED) is 0.587. The van der Waals surface area contributed by atoms with E-state index in [1.54, 1.807) is 6.92 Å². The number of hydrogen-bond donors (Lipinski definition) is 0. The van der Waals surface area contributed by atoms with Crippen LogP contribution in [0.25, 0.3) is 0 Å². The first-order valence-corrected chi connectivity index (χ1v) is 7.45. The monoisotopic (exact) mass is 317 g/mol. The number of halogens is 2. The third-order valence-electron chi connectivity index (χ3n) is 3.02. The van der Waals surface area contributed by atoms with Crippen molar-refractivity contribution < 1.29 is 23.0 Å². The molecule has 0 bridgehead atoms. The zero-order valence-electron chi connectivity index (χ0n) is 13.5. The molecule has 0 aromatic heterocycles. The lowest BCUT2D eigenvalue weighted by molar-refractivity contribution is 0.0324. The molecule has 0 aliphatic heterocycles. The van der Waals surface area contributed by atoms with Gasteiger partial charge in [0.15, 0.2) is 0 Å². The fourth-order valence-electron chi connectivity index (χ4n) is 1.79. The Labute approximate surface area is 131 Å². The van der Waals surface area contributed by atoms with Gasteiger partial charge in [0.2, 0.25) is 0 Å². The molecule has 0 fully saturated rings. The summed E-state index contributed by atoms with van der Waals surface area (Å²) in [6.07, 6.45) is 0.314. The van der Waals surface area contributed by atoms with E-state index in [4.69, 9.17) is 14.2 Å². The van der Waals surface area contributed by atoms with Crippen LogP contribution in [0.2, 0.25) is 0 Å². The van der Waals surface area contributed by atoms with Crippen LogP contribution < -0.4 is 4.74 Å². The predicted molar refractivity (Wildman–Crippen MR) is 81.4 cm³/mol. The summed E-state index contributed by atoms with van der Waals surface area (Å²) < 4.78 is 43.0. The smallest absolute Gasteiger partial charge is 0.132 e. The molecule has 0 amide bonds. The van der Waals surface area contributed by atoms with E-state index in [0.717, 1.165) is 6.54 Å². The van der Waals surface area contributed by atoms with Crippen LogP contribution in [0, 0.1) is 11.6 Å². The fourth-order valence-corrected chi connectivity index (χ4v) is 1.79. The molecule has 0 radical (unpaired) electrons. The normalized spacial score (nSPS) is 11.2. The van der Waals surface area contributed by atoms with E-state index in [0.29, 0.717) is 32.8 Å². The minimum absolute atomic E-state index is 0.0819. The Hall–Kier alpha value is -1.24. The molecule has 0 aliphatic carbocycles. The number of ether oxygens (including phenoxy) is 3. The molecule has 1 aromatic carbocycles. The zero-order valence-corrected chi connectivity index (χ0v) is 13.5. The number of likely N-dealkylation sites (N-methyl/N-ethyl adjacent to an activating group) is 1. The van der Waals surface area contributed by atoms with Crippen LogP contribution in [0.4, 0.5) is 8.78 Å². The number of hydrogen-bond acceptors (Lipinski definition) is 4. The van der Waals surface area contributed by atoms with E-state index in [1.807, 2.05) is 19.0 Å². The lowest BCUT2D eigenvalue weighted by Crippen LogP contribution is -2.19. The van der Waals surface area contributed by atoms with E-state index < -0.39 is 11.6 Å². The molecule has 4 nitrogen and oxygen atoms in total. The van der Waals surface area contributed by atoms with Crippen LogP contribution in [-0.4, -0.2) is 58.6 Å². The number of nitrogens with zero attached hydrogens (tertiary/aromatic N) is 1. The van der Waals surface area contributed by atoms with Gasteiger partial charge in [0, 0.05) is 24.2 Å². The zero-order chi connectivity index (χ0) is 16.4. The minimum Gasteiger partial charge on any atom is -0.491 e. The van der Waals surface area contributed by atoms with Gasteiger partial charge in [-0.1, -0.05) is 6.92 Å². The van der Waals surface area contributed by atoms with Gasteiger partial charge in [-0.3, -0.25) is 0 Å². The first-order chi connectivity index (χ1) is 10.5. The Morgan fingerprint density at radius 1 is 0.909 bits per heavy atom. The fraction of sp³-hybridized carbons (Fsp3) is 0.625. The van der Waals surface area contributed by atoms with E-state index in [1.165, 1.54) is 12.1 Å². The van der Waals surface area contributed by atoms with Gasteiger partial charge < -0.3 is 19.1 Å². The van der Waals surface area contributed by atoms with Crippen LogP contribution in [0.3, 0.4) is 0 Å². The maximum Gasteiger partial charge on any atom is 0.132 e. The van der Waals surface area contributed by atoms with Crippen molar-refractivity contribution in [1.82, 2.24) is 4.90 Å². The molecule has 0 aliphatic rings. The predicted octanol–water partition coefficient (Wildman–Crippen LogP) is 2.50. The van der Waals surface area contributed by atoms with Crippen LogP contribution in [-0.2, 0) is 15.9 Å². The highest BCUT2D eigenvalue weighted by Crippen LogP contribution is 2.20. The Morgan fingerprint density at radius 3 is 2.00 bits per heavy atom. The van der Waals surface area contributed by atoms with Gasteiger partial charge in [-0.15, -0.1) is 0 Å². The molecular formula is C16H25F2NO3. The summed E-state index contributed by atoms with van der Waals surface area (Å²) in [6.45, 7) is 4.80. The van der Waals surface area contributed by atoms with E-state index >= 15 is 0 Å². The average molecular weight is 317 g/mol. The van der Waals surface area contributed by atoms with Crippen molar-refractivity contribution in [3.05, 3.63) is 29.3 Å². The Kier molecular flexibility index (Phi) is 8.96. The first kappa shape index (κ1) is 18.8. The lowest BCUT2D eigenvalue weighted by Gasteiger charge is -2.11. The third kappa shape index (κ3) is 7.15. The van der Waals surface area contributed by atoms with E-state index in [2.05, 4.69) is 0 Å². The summed E-state index contributed by atoms with van der Waals surface area (Å²) in [5.41, 5.74) is 0.0819. The molecule has 6 heteroatoms. The van der Waals surface area contributed by atoms with Crippen molar-refractivity contribution in [2.24, 2.45) is 0 Å². The standard InChI is InChI=1S/C16H25F2NO3/c1-4-14-15(17)11-13(12-16(14)18)22-10-9-21-8-7-20-6-5-19(2)3/h11-12H,4-10H2,1-3H3.